The van der Waals surface area contributed by atoms with Crippen LogP contribution in [0.5, 0.6) is 0 Å². The molecule has 0 radical (unpaired) electrons. The van der Waals surface area contributed by atoms with E-state index in [4.69, 9.17) is 0 Å². The first kappa shape index (κ1) is 15.5. The molecule has 20 heavy (non-hydrogen) atoms. The molecular weight excluding hydrogens is 268 g/mol. The van der Waals surface area contributed by atoms with Crippen LogP contribution >= 0.6 is 11.8 Å². The van der Waals surface area contributed by atoms with Gasteiger partial charge in [0.2, 0.25) is 0 Å². The molecular formula is C16H24N2OS. The molecule has 2 rings (SSSR count). The summed E-state index contributed by atoms with van der Waals surface area (Å²) in [5, 5.41) is 0. The van der Waals surface area contributed by atoms with Crippen molar-refractivity contribution in [3.63, 3.8) is 0 Å². The molecule has 1 aliphatic heterocycles. The maximum absolute atomic E-state index is 12.2. The van der Waals surface area contributed by atoms with E-state index < -0.39 is 0 Å². The summed E-state index contributed by atoms with van der Waals surface area (Å²) >= 11 is 1.70. The zero-order valence-corrected chi connectivity index (χ0v) is 13.4. The quantitative estimate of drug-likeness (QED) is 0.594. The zero-order chi connectivity index (χ0) is 14.5. The highest BCUT2D eigenvalue weighted by Crippen LogP contribution is 2.17. The van der Waals surface area contributed by atoms with Crippen LogP contribution in [-0.2, 0) is 0 Å². The molecule has 1 aliphatic rings. The fourth-order valence-electron chi connectivity index (χ4n) is 2.79. The molecule has 0 amide bonds. The van der Waals surface area contributed by atoms with E-state index in [0.717, 1.165) is 18.7 Å². The molecule has 1 heterocycles. The van der Waals surface area contributed by atoms with Crippen molar-refractivity contribution < 1.29 is 4.79 Å². The number of Topliss-reactive ketones (excluding diaryl/α,β-unsaturated/α-hetero) is 1. The largest absolute Gasteiger partial charge is 0.306 e. The Balaban J connectivity index is 1.83. The van der Waals surface area contributed by atoms with E-state index >= 15 is 0 Å². The van der Waals surface area contributed by atoms with E-state index in [1.165, 1.54) is 17.9 Å². The van der Waals surface area contributed by atoms with Gasteiger partial charge in [-0.05, 0) is 51.4 Å². The number of carbonyl (C=O) groups excluding carboxylic acids is 1. The van der Waals surface area contributed by atoms with Crippen LogP contribution in [-0.4, -0.2) is 62.1 Å². The first-order valence-corrected chi connectivity index (χ1v) is 8.35. The minimum Gasteiger partial charge on any atom is -0.306 e. The molecule has 1 aromatic rings. The third kappa shape index (κ3) is 4.33. The predicted molar refractivity (Wildman–Crippen MR) is 85.7 cm³/mol. The summed E-state index contributed by atoms with van der Waals surface area (Å²) in [5.74, 6) is 0.920. The Kier molecular flexibility index (Phi) is 5.64. The third-order valence-corrected chi connectivity index (χ3v) is 4.63. The molecule has 0 N–H and O–H groups in total. The predicted octanol–water partition coefficient (Wildman–Crippen LogP) is 2.47. The van der Waals surface area contributed by atoms with Gasteiger partial charge in [0.25, 0.3) is 0 Å². The van der Waals surface area contributed by atoms with E-state index in [1.54, 1.807) is 11.8 Å². The van der Waals surface area contributed by atoms with Crippen molar-refractivity contribution >= 4 is 17.5 Å². The molecule has 4 heteroatoms. The Bertz CT molecular complexity index is 446. The van der Waals surface area contributed by atoms with E-state index in [1.807, 2.05) is 37.6 Å². The van der Waals surface area contributed by atoms with Crippen molar-refractivity contribution in [1.82, 2.24) is 9.80 Å². The Labute approximate surface area is 126 Å². The van der Waals surface area contributed by atoms with Gasteiger partial charge in [0.1, 0.15) is 0 Å². The van der Waals surface area contributed by atoms with Gasteiger partial charge in [-0.1, -0.05) is 12.1 Å². The fourth-order valence-corrected chi connectivity index (χ4v) is 3.20. The third-order valence-electron chi connectivity index (χ3n) is 3.88. The molecule has 110 valence electrons. The lowest BCUT2D eigenvalue weighted by atomic mass is 10.1. The van der Waals surface area contributed by atoms with Crippen LogP contribution in [0.2, 0.25) is 0 Å². The van der Waals surface area contributed by atoms with Crippen molar-refractivity contribution in [2.45, 2.75) is 11.3 Å². The summed E-state index contributed by atoms with van der Waals surface area (Å²) in [6.45, 7) is 3.86. The summed E-state index contributed by atoms with van der Waals surface area (Å²) in [6, 6.07) is 7.91. The first-order valence-electron chi connectivity index (χ1n) is 7.13. The Morgan fingerprint density at radius 1 is 1.40 bits per heavy atom. The molecule has 0 bridgehead atoms. The van der Waals surface area contributed by atoms with Crippen molar-refractivity contribution in [3.8, 4) is 0 Å². The number of thioether (sulfide) groups is 1. The average Bonchev–Trinajstić information content (AvgIpc) is 2.84. The number of nitrogens with zero attached hydrogens (tertiary/aromatic N) is 2. The van der Waals surface area contributed by atoms with Crippen LogP contribution in [0.3, 0.4) is 0 Å². The second-order valence-corrected chi connectivity index (χ2v) is 6.65. The van der Waals surface area contributed by atoms with Gasteiger partial charge in [-0.25, -0.2) is 0 Å². The van der Waals surface area contributed by atoms with Gasteiger partial charge in [0, 0.05) is 23.5 Å². The molecule has 1 aromatic carbocycles. The number of hydrogen-bond acceptors (Lipinski definition) is 4. The highest BCUT2D eigenvalue weighted by Gasteiger charge is 2.21. The molecule has 1 saturated heterocycles. The SMILES string of the molecule is CSc1ccc(C(=O)CN(C)CC2CCN(C)C2)cc1. The minimum atomic E-state index is 0.214. The smallest absolute Gasteiger partial charge is 0.176 e. The van der Waals surface area contributed by atoms with Gasteiger partial charge in [-0.15, -0.1) is 11.8 Å². The van der Waals surface area contributed by atoms with Crippen LogP contribution in [0.1, 0.15) is 16.8 Å². The van der Waals surface area contributed by atoms with Gasteiger partial charge in [0.15, 0.2) is 5.78 Å². The summed E-state index contributed by atoms with van der Waals surface area (Å²) in [5.41, 5.74) is 0.818. The van der Waals surface area contributed by atoms with Gasteiger partial charge < -0.3 is 4.90 Å². The lowest BCUT2D eigenvalue weighted by Crippen LogP contribution is -2.31. The normalized spacial score (nSPS) is 19.7. The zero-order valence-electron chi connectivity index (χ0n) is 12.6. The van der Waals surface area contributed by atoms with Gasteiger partial charge >= 0.3 is 0 Å². The Morgan fingerprint density at radius 3 is 2.65 bits per heavy atom. The molecule has 0 spiro atoms. The molecule has 0 aromatic heterocycles. The molecule has 1 fully saturated rings. The topological polar surface area (TPSA) is 23.6 Å². The second-order valence-electron chi connectivity index (χ2n) is 5.77. The Hall–Kier alpha value is -0.840. The van der Waals surface area contributed by atoms with Crippen LogP contribution < -0.4 is 0 Å². The molecule has 0 aliphatic carbocycles. The second kappa shape index (κ2) is 7.25. The van der Waals surface area contributed by atoms with Crippen LogP contribution in [0.15, 0.2) is 29.2 Å². The van der Waals surface area contributed by atoms with Crippen molar-refractivity contribution in [3.05, 3.63) is 29.8 Å². The molecule has 3 nitrogen and oxygen atoms in total. The van der Waals surface area contributed by atoms with Crippen LogP contribution in [0, 0.1) is 5.92 Å². The molecule has 1 unspecified atom stereocenters. The summed E-state index contributed by atoms with van der Waals surface area (Å²) in [7, 11) is 4.21. The first-order chi connectivity index (χ1) is 9.58. The van der Waals surface area contributed by atoms with Crippen LogP contribution in [0.4, 0.5) is 0 Å². The number of benzene rings is 1. The maximum atomic E-state index is 12.2. The standard InChI is InChI=1S/C16H24N2OS/c1-17-9-8-13(10-17)11-18(2)12-16(19)14-4-6-15(20-3)7-5-14/h4-7,13H,8-12H2,1-3H3. The van der Waals surface area contributed by atoms with E-state index in [9.17, 15) is 4.79 Å². The minimum absolute atomic E-state index is 0.214. The van der Waals surface area contributed by atoms with Gasteiger partial charge in [0.05, 0.1) is 6.54 Å². The average molecular weight is 292 g/mol. The highest BCUT2D eigenvalue weighted by molar-refractivity contribution is 7.98. The van der Waals surface area contributed by atoms with Crippen molar-refractivity contribution in [2.24, 2.45) is 5.92 Å². The van der Waals surface area contributed by atoms with Gasteiger partial charge in [-0.2, -0.15) is 0 Å². The number of ketones is 1. The van der Waals surface area contributed by atoms with E-state index in [0.29, 0.717) is 12.5 Å². The van der Waals surface area contributed by atoms with Crippen LogP contribution in [0.25, 0.3) is 0 Å². The molecule has 0 saturated carbocycles. The highest BCUT2D eigenvalue weighted by atomic mass is 32.2. The number of carbonyl (C=O) groups is 1. The fraction of sp³-hybridized carbons (Fsp3) is 0.562. The summed E-state index contributed by atoms with van der Waals surface area (Å²) in [6.07, 6.45) is 3.29. The monoisotopic (exact) mass is 292 g/mol. The van der Waals surface area contributed by atoms with Gasteiger partial charge in [-0.3, -0.25) is 9.69 Å². The molecule has 1 atom stereocenters. The summed E-state index contributed by atoms with van der Waals surface area (Å²) < 4.78 is 0. The lowest BCUT2D eigenvalue weighted by molar-refractivity contribution is 0.0938. The van der Waals surface area contributed by atoms with E-state index in [-0.39, 0.29) is 5.78 Å². The van der Waals surface area contributed by atoms with Crippen molar-refractivity contribution in [2.75, 3.05) is 46.5 Å². The summed E-state index contributed by atoms with van der Waals surface area (Å²) in [4.78, 5) is 18.0. The maximum Gasteiger partial charge on any atom is 0.176 e. The Morgan fingerprint density at radius 2 is 2.10 bits per heavy atom. The number of likely N-dealkylation sites (N-methyl/N-ethyl adjacent to an activating group) is 1. The number of rotatable bonds is 6. The number of hydrogen-bond donors (Lipinski definition) is 0. The lowest BCUT2D eigenvalue weighted by Gasteiger charge is -2.20. The number of likely N-dealkylation sites (tertiary alicyclic amines) is 1. The van der Waals surface area contributed by atoms with Crippen molar-refractivity contribution in [1.29, 1.82) is 0 Å². The van der Waals surface area contributed by atoms with E-state index in [2.05, 4.69) is 16.8 Å².